The van der Waals surface area contributed by atoms with Crippen LogP contribution < -0.4 is 30.7 Å². The predicted octanol–water partition coefficient (Wildman–Crippen LogP) is 3.55. The number of nitrogens with one attached hydrogen (secondary N) is 4. The van der Waals surface area contributed by atoms with E-state index in [2.05, 4.69) is 31.2 Å². The van der Waals surface area contributed by atoms with Crippen molar-refractivity contribution in [2.75, 3.05) is 62.0 Å². The Kier molecular flexibility index (Phi) is 13.5. The zero-order chi connectivity index (χ0) is 38.1. The number of anilines is 2. The van der Waals surface area contributed by atoms with Gasteiger partial charge in [-0.05, 0) is 48.2 Å². The van der Waals surface area contributed by atoms with Crippen molar-refractivity contribution in [3.63, 3.8) is 0 Å². The number of pyridine rings is 2. The van der Waals surface area contributed by atoms with Crippen LogP contribution in [0, 0.1) is 13.8 Å². The summed E-state index contributed by atoms with van der Waals surface area (Å²) in [6.07, 6.45) is 5.40. The monoisotopic (exact) mass is 752 g/mol. The van der Waals surface area contributed by atoms with Crippen LogP contribution in [0.2, 0.25) is 0 Å². The molecule has 4 aromatic rings. The van der Waals surface area contributed by atoms with Gasteiger partial charge in [0.05, 0.1) is 25.7 Å². The molecule has 0 spiro atoms. The molecule has 4 rings (SSSR count). The molecule has 2 aromatic heterocycles. The minimum atomic E-state index is -3.09. The fraction of sp³-hybridized carbons (Fsp3) is 0.333. The quantitative estimate of drug-likeness (QED) is 0.115. The van der Waals surface area contributed by atoms with E-state index in [1.54, 1.807) is 12.1 Å². The molecule has 278 valence electrons. The lowest BCUT2D eigenvalue weighted by Crippen LogP contribution is -2.22. The highest BCUT2D eigenvalue weighted by Gasteiger charge is 2.18. The summed E-state index contributed by atoms with van der Waals surface area (Å²) in [5.74, 6) is 0.00346. The Labute approximate surface area is 304 Å². The van der Waals surface area contributed by atoms with E-state index in [1.165, 1.54) is 51.3 Å². The number of ether oxygens (including phenoxy) is 2. The minimum Gasteiger partial charge on any atom is -0.496 e. The Hall–Kier alpha value is -4.90. The Morgan fingerprint density at radius 1 is 0.654 bits per heavy atom. The van der Waals surface area contributed by atoms with E-state index >= 15 is 0 Å². The Balaban J connectivity index is 1.47. The summed E-state index contributed by atoms with van der Waals surface area (Å²) in [5.41, 5.74) is 6.08. The van der Waals surface area contributed by atoms with Gasteiger partial charge in [0.15, 0.2) is 0 Å². The Bertz CT molecular complexity index is 2010. The second-order valence-corrected chi connectivity index (χ2v) is 16.8. The molecule has 0 unspecified atom stereocenters. The predicted molar refractivity (Wildman–Crippen MR) is 202 cm³/mol. The number of carbonyl (C=O) groups excluding carboxylic acids is 2. The highest BCUT2D eigenvalue weighted by Crippen LogP contribution is 2.34. The van der Waals surface area contributed by atoms with Crippen LogP contribution in [0.5, 0.6) is 11.5 Å². The van der Waals surface area contributed by atoms with Crippen molar-refractivity contribution in [3.8, 4) is 22.6 Å². The normalized spacial score (nSPS) is 11.6. The molecule has 0 radical (unpaired) electrons. The maximum Gasteiger partial charge on any atom is 0.274 e. The van der Waals surface area contributed by atoms with Gasteiger partial charge < -0.3 is 30.7 Å². The highest BCUT2D eigenvalue weighted by molar-refractivity contribution is 7.90. The van der Waals surface area contributed by atoms with Crippen molar-refractivity contribution in [2.45, 2.75) is 26.9 Å². The summed E-state index contributed by atoms with van der Waals surface area (Å²) in [6.45, 7) is 4.96. The third kappa shape index (κ3) is 11.0. The number of hydrogen-bond acceptors (Lipinski definition) is 12. The van der Waals surface area contributed by atoms with Crippen LogP contribution in [0.3, 0.4) is 0 Å². The van der Waals surface area contributed by atoms with Crippen molar-refractivity contribution in [2.24, 2.45) is 0 Å². The van der Waals surface area contributed by atoms with E-state index in [1.807, 2.05) is 38.1 Å². The smallest absolute Gasteiger partial charge is 0.274 e. The van der Waals surface area contributed by atoms with Gasteiger partial charge in [0, 0.05) is 85.7 Å². The molecule has 0 fully saturated rings. The average Bonchev–Trinajstić information content (AvgIpc) is 3.09. The summed E-state index contributed by atoms with van der Waals surface area (Å²) in [6, 6.07) is 14.2. The topological polar surface area (TPSA) is 195 Å². The molecule has 4 N–H and O–H groups in total. The fourth-order valence-corrected chi connectivity index (χ4v) is 6.31. The molecule has 0 saturated carbocycles. The largest absolute Gasteiger partial charge is 0.496 e. The number of methoxy groups -OCH3 is 2. The summed E-state index contributed by atoms with van der Waals surface area (Å²) >= 11 is 0. The molecular formula is C36H44N6O8S2. The molecule has 0 aliphatic rings. The molecule has 16 heteroatoms. The first kappa shape index (κ1) is 39.9. The Morgan fingerprint density at radius 2 is 1.04 bits per heavy atom. The highest BCUT2D eigenvalue weighted by atomic mass is 32.2. The van der Waals surface area contributed by atoms with Gasteiger partial charge in [-0.3, -0.25) is 19.6 Å². The van der Waals surface area contributed by atoms with Gasteiger partial charge in [-0.1, -0.05) is 24.3 Å². The molecule has 14 nitrogen and oxygen atoms in total. The first-order valence-corrected chi connectivity index (χ1v) is 20.4. The summed E-state index contributed by atoms with van der Waals surface area (Å²) in [4.78, 5) is 35.2. The number of carbonyl (C=O) groups is 2. The number of nitrogens with zero attached hydrogens (tertiary/aromatic N) is 2. The second-order valence-electron chi connectivity index (χ2n) is 12.2. The van der Waals surface area contributed by atoms with Crippen molar-refractivity contribution in [1.82, 2.24) is 20.6 Å². The first-order valence-electron chi connectivity index (χ1n) is 16.2. The van der Waals surface area contributed by atoms with Crippen LogP contribution in [0.1, 0.15) is 43.2 Å². The zero-order valence-corrected chi connectivity index (χ0v) is 31.6. The lowest BCUT2D eigenvalue weighted by molar-refractivity contribution is 0.101. The SMILES string of the molecule is COc1cc(C(=O)Nc2cccc(-c3cccc(NC(=O)c4cc(OC)c(CNCCS(C)(=O)=O)cn4)c3C)c2C)ncc1CNCCS(C)(=O)=O. The number of aromatic nitrogens is 2. The zero-order valence-electron chi connectivity index (χ0n) is 30.0. The number of rotatable bonds is 17. The molecule has 2 amide bonds. The molecule has 0 aliphatic carbocycles. The van der Waals surface area contributed by atoms with Gasteiger partial charge in [-0.15, -0.1) is 0 Å². The number of benzene rings is 2. The molecule has 2 aromatic carbocycles. The molecule has 52 heavy (non-hydrogen) atoms. The van der Waals surface area contributed by atoms with E-state index in [0.29, 0.717) is 47.1 Å². The van der Waals surface area contributed by atoms with Gasteiger partial charge in [-0.25, -0.2) is 16.8 Å². The van der Waals surface area contributed by atoms with Crippen LogP contribution in [-0.2, 0) is 32.8 Å². The van der Waals surface area contributed by atoms with Crippen LogP contribution in [0.15, 0.2) is 60.9 Å². The van der Waals surface area contributed by atoms with Crippen LogP contribution >= 0.6 is 0 Å². The van der Waals surface area contributed by atoms with Gasteiger partial charge in [-0.2, -0.15) is 0 Å². The molecule has 0 atom stereocenters. The van der Waals surface area contributed by atoms with Gasteiger partial charge in [0.25, 0.3) is 11.8 Å². The van der Waals surface area contributed by atoms with Crippen LogP contribution in [0.4, 0.5) is 11.4 Å². The Morgan fingerprint density at radius 3 is 1.38 bits per heavy atom. The number of sulfone groups is 2. The number of amides is 2. The second kappa shape index (κ2) is 17.5. The lowest BCUT2D eigenvalue weighted by Gasteiger charge is -2.17. The van der Waals surface area contributed by atoms with Crippen LogP contribution in [-0.4, -0.2) is 89.9 Å². The van der Waals surface area contributed by atoms with E-state index in [9.17, 15) is 26.4 Å². The molecular weight excluding hydrogens is 709 g/mol. The van der Waals surface area contributed by atoms with Crippen molar-refractivity contribution in [3.05, 3.63) is 94.6 Å². The van der Waals surface area contributed by atoms with Gasteiger partial charge >= 0.3 is 0 Å². The summed E-state index contributed by atoms with van der Waals surface area (Å²) < 4.78 is 56.5. The first-order chi connectivity index (χ1) is 24.6. The van der Waals surface area contributed by atoms with Crippen molar-refractivity contribution in [1.29, 1.82) is 0 Å². The van der Waals surface area contributed by atoms with E-state index in [4.69, 9.17) is 9.47 Å². The van der Waals surface area contributed by atoms with Gasteiger partial charge in [0.1, 0.15) is 42.6 Å². The maximum absolute atomic E-state index is 13.3. The average molecular weight is 753 g/mol. The maximum atomic E-state index is 13.3. The van der Waals surface area contributed by atoms with E-state index < -0.39 is 31.5 Å². The third-order valence-electron chi connectivity index (χ3n) is 8.18. The lowest BCUT2D eigenvalue weighted by atomic mass is 9.94. The fourth-order valence-electron chi connectivity index (χ4n) is 5.28. The van der Waals surface area contributed by atoms with Crippen LogP contribution in [0.25, 0.3) is 11.1 Å². The molecule has 0 saturated heterocycles. The molecule has 0 bridgehead atoms. The third-order valence-corrected chi connectivity index (χ3v) is 10.1. The van der Waals surface area contributed by atoms with E-state index in [-0.39, 0.29) is 36.0 Å². The van der Waals surface area contributed by atoms with E-state index in [0.717, 1.165) is 22.3 Å². The summed E-state index contributed by atoms with van der Waals surface area (Å²) in [7, 11) is -3.22. The van der Waals surface area contributed by atoms with Gasteiger partial charge in [0.2, 0.25) is 0 Å². The standard InChI is InChI=1S/C36H44N6O8S2/c1-23-27(9-7-11-29(23)41-35(43)31-17-33(49-3)25(21-39-31)19-37-13-15-51(5,45)46)28-10-8-12-30(24(28)2)42-36(44)32-18-34(50-4)26(22-40-32)20-38-14-16-52(6,47)48/h7-12,17-18,21-22,37-38H,13-16,19-20H2,1-6H3,(H,41,43)(H,42,44). The molecule has 2 heterocycles. The van der Waals surface area contributed by atoms with Crippen molar-refractivity contribution >= 4 is 42.9 Å². The number of hydrogen-bond donors (Lipinski definition) is 4. The summed E-state index contributed by atoms with van der Waals surface area (Å²) in [5, 5.41) is 12.0. The minimum absolute atomic E-state index is 0.000119. The van der Waals surface area contributed by atoms with Crippen molar-refractivity contribution < 1.29 is 35.9 Å². The molecule has 0 aliphatic heterocycles.